The van der Waals surface area contributed by atoms with Crippen molar-refractivity contribution in [3.05, 3.63) is 12.2 Å². The molecule has 0 aliphatic heterocycles. The SMILES string of the molecule is C=C1C(=O)C23CC1CCC2C1(C)C(OC(C)=O)CCC(C)(C(=O)OC)C1CC3OC(C)=O. The van der Waals surface area contributed by atoms with Gasteiger partial charge in [-0.2, -0.15) is 0 Å². The highest BCUT2D eigenvalue weighted by molar-refractivity contribution is 6.03. The Hall–Kier alpha value is -2.18. The molecule has 8 unspecified atom stereocenters. The molecule has 4 aliphatic rings. The van der Waals surface area contributed by atoms with Crippen molar-refractivity contribution >= 4 is 23.7 Å². The molecule has 32 heavy (non-hydrogen) atoms. The molecule has 7 heteroatoms. The molecule has 0 N–H and O–H groups in total. The number of ether oxygens (including phenoxy) is 3. The molecule has 0 aromatic heterocycles. The Kier molecular flexibility index (Phi) is 5.33. The summed E-state index contributed by atoms with van der Waals surface area (Å²) in [7, 11) is 1.38. The molecule has 1 spiro atoms. The lowest BCUT2D eigenvalue weighted by Crippen LogP contribution is -2.69. The third kappa shape index (κ3) is 2.85. The van der Waals surface area contributed by atoms with Crippen molar-refractivity contribution in [1.29, 1.82) is 0 Å². The van der Waals surface area contributed by atoms with Gasteiger partial charge in [-0.1, -0.05) is 13.5 Å². The molecule has 176 valence electrons. The van der Waals surface area contributed by atoms with Gasteiger partial charge in [-0.15, -0.1) is 0 Å². The molecule has 0 amide bonds. The summed E-state index contributed by atoms with van der Waals surface area (Å²) in [5.74, 6) is -1.55. The van der Waals surface area contributed by atoms with Crippen LogP contribution in [0.4, 0.5) is 0 Å². The minimum atomic E-state index is -0.885. The standard InChI is InChI=1S/C25H34O7/c1-13-16-7-8-17-24(5)18(11-20(32-15(3)27)25(17,12-16)21(13)28)23(4,22(29)30-6)10-9-19(24)31-14(2)26/h16-20H,1,7-12H2,2-6H3. The Balaban J connectivity index is 1.91. The minimum absolute atomic E-state index is 0.0251. The first-order chi connectivity index (χ1) is 14.9. The van der Waals surface area contributed by atoms with Crippen LogP contribution in [0.15, 0.2) is 12.2 Å². The summed E-state index contributed by atoms with van der Waals surface area (Å²) in [4.78, 5) is 51.0. The number of esters is 3. The van der Waals surface area contributed by atoms with Crippen LogP contribution >= 0.6 is 0 Å². The van der Waals surface area contributed by atoms with E-state index in [0.29, 0.717) is 31.3 Å². The summed E-state index contributed by atoms with van der Waals surface area (Å²) in [6, 6.07) is 0. The molecular weight excluding hydrogens is 412 g/mol. The average Bonchev–Trinajstić information content (AvgIpc) is 2.91. The maximum atomic E-state index is 13.7. The van der Waals surface area contributed by atoms with Gasteiger partial charge in [0, 0.05) is 19.3 Å². The highest BCUT2D eigenvalue weighted by atomic mass is 16.6. The second kappa shape index (κ2) is 7.42. The molecule has 0 aromatic rings. The molecule has 0 radical (unpaired) electrons. The second-order valence-electron chi connectivity index (χ2n) is 10.7. The summed E-state index contributed by atoms with van der Waals surface area (Å²) in [5.41, 5.74) is -1.75. The number of methoxy groups -OCH3 is 1. The molecular formula is C25H34O7. The highest BCUT2D eigenvalue weighted by Gasteiger charge is 2.74. The van der Waals surface area contributed by atoms with E-state index in [2.05, 4.69) is 13.5 Å². The van der Waals surface area contributed by atoms with Gasteiger partial charge in [-0.25, -0.2) is 0 Å². The molecule has 4 aliphatic carbocycles. The summed E-state index contributed by atoms with van der Waals surface area (Å²) in [6.45, 7) is 10.8. The van der Waals surface area contributed by atoms with Crippen LogP contribution in [0.5, 0.6) is 0 Å². The summed E-state index contributed by atoms with van der Waals surface area (Å²) in [5, 5.41) is 0. The normalized spacial score (nSPS) is 44.8. The zero-order chi connectivity index (χ0) is 23.6. The number of fused-ring (bicyclic) bond motifs is 3. The van der Waals surface area contributed by atoms with Crippen molar-refractivity contribution in [1.82, 2.24) is 0 Å². The first-order valence-electron chi connectivity index (χ1n) is 11.6. The third-order valence-electron chi connectivity index (χ3n) is 9.40. The van der Waals surface area contributed by atoms with E-state index >= 15 is 0 Å². The quantitative estimate of drug-likeness (QED) is 0.372. The van der Waals surface area contributed by atoms with Crippen LogP contribution in [0.25, 0.3) is 0 Å². The minimum Gasteiger partial charge on any atom is -0.469 e. The van der Waals surface area contributed by atoms with Gasteiger partial charge in [-0.3, -0.25) is 19.2 Å². The fourth-order valence-corrected chi connectivity index (χ4v) is 8.13. The second-order valence-corrected chi connectivity index (χ2v) is 10.7. The van der Waals surface area contributed by atoms with Crippen LogP contribution in [-0.4, -0.2) is 43.0 Å². The number of Topliss-reactive ketones (excluding diaryl/α,β-unsaturated/α-hetero) is 1. The molecule has 0 heterocycles. The van der Waals surface area contributed by atoms with Gasteiger partial charge in [0.2, 0.25) is 0 Å². The number of carbonyl (C=O) groups is 4. The van der Waals surface area contributed by atoms with E-state index in [1.165, 1.54) is 21.0 Å². The fraction of sp³-hybridized carbons (Fsp3) is 0.760. The Morgan fingerprint density at radius 3 is 2.19 bits per heavy atom. The Bertz CT molecular complexity index is 893. The molecule has 2 bridgehead atoms. The summed E-state index contributed by atoms with van der Waals surface area (Å²) >= 11 is 0. The lowest BCUT2D eigenvalue weighted by Gasteiger charge is -2.65. The first kappa shape index (κ1) is 23.0. The van der Waals surface area contributed by atoms with Crippen LogP contribution in [0.3, 0.4) is 0 Å². The lowest BCUT2D eigenvalue weighted by atomic mass is 9.39. The average molecular weight is 447 g/mol. The maximum Gasteiger partial charge on any atom is 0.311 e. The van der Waals surface area contributed by atoms with E-state index in [4.69, 9.17) is 14.2 Å². The van der Waals surface area contributed by atoms with Crippen LogP contribution in [-0.2, 0) is 33.4 Å². The predicted octanol–water partition coefficient (Wildman–Crippen LogP) is 3.39. The van der Waals surface area contributed by atoms with Gasteiger partial charge in [0.15, 0.2) is 5.78 Å². The van der Waals surface area contributed by atoms with Crippen LogP contribution in [0.1, 0.15) is 66.2 Å². The predicted molar refractivity (Wildman–Crippen MR) is 114 cm³/mol. The number of allylic oxidation sites excluding steroid dienone is 1. The van der Waals surface area contributed by atoms with Crippen LogP contribution in [0, 0.1) is 34.0 Å². The van der Waals surface area contributed by atoms with E-state index in [0.717, 1.165) is 12.8 Å². The van der Waals surface area contributed by atoms with Gasteiger partial charge < -0.3 is 14.2 Å². The van der Waals surface area contributed by atoms with E-state index in [1.54, 1.807) is 0 Å². The van der Waals surface area contributed by atoms with Gasteiger partial charge in [-0.05, 0) is 68.8 Å². The van der Waals surface area contributed by atoms with Gasteiger partial charge >= 0.3 is 17.9 Å². The Morgan fingerprint density at radius 1 is 0.969 bits per heavy atom. The van der Waals surface area contributed by atoms with E-state index in [1.807, 2.05) is 6.92 Å². The molecule has 8 atom stereocenters. The lowest BCUT2D eigenvalue weighted by molar-refractivity contribution is -0.245. The Morgan fingerprint density at radius 2 is 1.59 bits per heavy atom. The number of carbonyl (C=O) groups excluding carboxylic acids is 4. The number of rotatable bonds is 3. The van der Waals surface area contributed by atoms with Gasteiger partial charge in [0.1, 0.15) is 12.2 Å². The molecule has 0 saturated heterocycles. The van der Waals surface area contributed by atoms with Crippen molar-refractivity contribution < 1.29 is 33.4 Å². The third-order valence-corrected chi connectivity index (χ3v) is 9.40. The largest absolute Gasteiger partial charge is 0.469 e. The van der Waals surface area contributed by atoms with E-state index in [9.17, 15) is 19.2 Å². The zero-order valence-electron chi connectivity index (χ0n) is 19.7. The number of hydrogen-bond donors (Lipinski definition) is 0. The fourth-order valence-electron chi connectivity index (χ4n) is 8.13. The van der Waals surface area contributed by atoms with Crippen molar-refractivity contribution in [2.45, 2.75) is 78.4 Å². The molecule has 4 fully saturated rings. The topological polar surface area (TPSA) is 96.0 Å². The molecule has 7 nitrogen and oxygen atoms in total. The monoisotopic (exact) mass is 446 g/mol. The maximum absolute atomic E-state index is 13.7. The van der Waals surface area contributed by atoms with Gasteiger partial charge in [0.05, 0.1) is 17.9 Å². The number of ketones is 1. The molecule has 4 rings (SSSR count). The number of hydrogen-bond acceptors (Lipinski definition) is 7. The Labute approximate surface area is 189 Å². The van der Waals surface area contributed by atoms with E-state index in [-0.39, 0.29) is 35.5 Å². The molecule has 0 aromatic carbocycles. The molecule has 4 saturated carbocycles. The van der Waals surface area contributed by atoms with Crippen molar-refractivity contribution in [3.63, 3.8) is 0 Å². The van der Waals surface area contributed by atoms with Crippen LogP contribution in [0.2, 0.25) is 0 Å². The smallest absolute Gasteiger partial charge is 0.311 e. The van der Waals surface area contributed by atoms with Crippen LogP contribution < -0.4 is 0 Å². The highest BCUT2D eigenvalue weighted by Crippen LogP contribution is 2.72. The van der Waals surface area contributed by atoms with Crippen molar-refractivity contribution in [3.8, 4) is 0 Å². The van der Waals surface area contributed by atoms with E-state index < -0.39 is 34.4 Å². The summed E-state index contributed by atoms with van der Waals surface area (Å²) in [6.07, 6.45) is 2.43. The van der Waals surface area contributed by atoms with Crippen molar-refractivity contribution in [2.24, 2.45) is 34.0 Å². The zero-order valence-corrected chi connectivity index (χ0v) is 19.7. The summed E-state index contributed by atoms with van der Waals surface area (Å²) < 4.78 is 16.9. The van der Waals surface area contributed by atoms with Crippen molar-refractivity contribution in [2.75, 3.05) is 7.11 Å². The first-order valence-corrected chi connectivity index (χ1v) is 11.6. The van der Waals surface area contributed by atoms with Gasteiger partial charge in [0.25, 0.3) is 0 Å².